The van der Waals surface area contributed by atoms with E-state index in [-0.39, 0.29) is 0 Å². The molecule has 0 bridgehead atoms. The molecule has 0 aromatic heterocycles. The molecule has 0 radical (unpaired) electrons. The Bertz CT molecular complexity index is 1560. The molecule has 39 heavy (non-hydrogen) atoms. The van der Waals surface area contributed by atoms with Crippen molar-refractivity contribution >= 4 is 56.2 Å². The van der Waals surface area contributed by atoms with Crippen molar-refractivity contribution in [3.05, 3.63) is 54.6 Å². The Morgan fingerprint density at radius 3 is 1.82 bits per heavy atom. The smallest absolute Gasteiger partial charge is 0.339 e. The van der Waals surface area contributed by atoms with Gasteiger partial charge in [-0.25, -0.2) is 4.79 Å². The van der Waals surface area contributed by atoms with Crippen LogP contribution in [0.15, 0.2) is 54.6 Å². The van der Waals surface area contributed by atoms with Crippen LogP contribution < -0.4 is 4.74 Å². The minimum Gasteiger partial charge on any atom is -0.467 e. The fourth-order valence-corrected chi connectivity index (χ4v) is 5.11. The van der Waals surface area contributed by atoms with E-state index in [4.69, 9.17) is 28.4 Å². The van der Waals surface area contributed by atoms with Crippen LogP contribution in [-0.2, 0) is 42.9 Å². The van der Waals surface area contributed by atoms with Crippen molar-refractivity contribution < 1.29 is 47.6 Å². The second-order valence-corrected chi connectivity index (χ2v) is 9.21. The van der Waals surface area contributed by atoms with E-state index < -0.39 is 54.6 Å². The van der Waals surface area contributed by atoms with Gasteiger partial charge in [0.15, 0.2) is 18.3 Å². The summed E-state index contributed by atoms with van der Waals surface area (Å²) in [6.45, 7) is 3.41. The van der Waals surface area contributed by atoms with Crippen LogP contribution in [0.5, 0.6) is 5.75 Å². The standard InChI is InChI=1S/C29H26O10/c1-14(30)35-24-25(36-15(2)31)27(37-16(3)32)29(39-26(24)28(33)34-4)38-21-13-11-19-9-8-17-6-5-7-18-10-12-20(21)23(19)22(17)18/h5-13,24-27,29H,1-4H3/t24-,25+,26?,27?,29+/m0/s1. The maximum Gasteiger partial charge on any atom is 0.339 e. The maximum absolute atomic E-state index is 12.7. The van der Waals surface area contributed by atoms with Gasteiger partial charge in [-0.05, 0) is 33.7 Å². The zero-order valence-corrected chi connectivity index (χ0v) is 21.7. The van der Waals surface area contributed by atoms with Gasteiger partial charge in [0.2, 0.25) is 12.4 Å². The lowest BCUT2D eigenvalue weighted by Crippen LogP contribution is -2.64. The Hall–Kier alpha value is -4.44. The number of esters is 4. The van der Waals surface area contributed by atoms with Gasteiger partial charge in [0.25, 0.3) is 0 Å². The van der Waals surface area contributed by atoms with E-state index in [1.165, 1.54) is 0 Å². The molecular weight excluding hydrogens is 508 g/mol. The van der Waals surface area contributed by atoms with Crippen LogP contribution in [0.4, 0.5) is 0 Å². The fourth-order valence-electron chi connectivity index (χ4n) is 5.11. The Morgan fingerprint density at radius 2 is 1.21 bits per heavy atom. The van der Waals surface area contributed by atoms with Crippen molar-refractivity contribution in [1.82, 2.24) is 0 Å². The minimum absolute atomic E-state index is 0.374. The number of carbonyl (C=O) groups excluding carboxylic acids is 4. The first-order chi connectivity index (χ1) is 18.7. The second kappa shape index (κ2) is 10.4. The summed E-state index contributed by atoms with van der Waals surface area (Å²) >= 11 is 0. The number of hydrogen-bond acceptors (Lipinski definition) is 10. The third kappa shape index (κ3) is 4.90. The molecule has 0 spiro atoms. The molecule has 0 N–H and O–H groups in total. The molecule has 1 heterocycles. The van der Waals surface area contributed by atoms with Gasteiger partial charge in [-0.15, -0.1) is 0 Å². The first kappa shape index (κ1) is 26.2. The molecular formula is C29H26O10. The van der Waals surface area contributed by atoms with Gasteiger partial charge in [-0.1, -0.05) is 42.5 Å². The highest BCUT2D eigenvalue weighted by molar-refractivity contribution is 6.24. The van der Waals surface area contributed by atoms with Crippen LogP contribution >= 0.6 is 0 Å². The summed E-state index contributed by atoms with van der Waals surface area (Å²) < 4.78 is 33.3. The topological polar surface area (TPSA) is 124 Å². The molecule has 0 amide bonds. The largest absolute Gasteiger partial charge is 0.467 e. The molecule has 1 saturated heterocycles. The van der Waals surface area contributed by atoms with E-state index in [2.05, 4.69) is 0 Å². The van der Waals surface area contributed by atoms with Crippen molar-refractivity contribution in [3.8, 4) is 5.75 Å². The second-order valence-electron chi connectivity index (χ2n) is 9.21. The van der Waals surface area contributed by atoms with E-state index in [0.717, 1.165) is 60.2 Å². The van der Waals surface area contributed by atoms with Crippen molar-refractivity contribution in [2.24, 2.45) is 0 Å². The van der Waals surface area contributed by atoms with Gasteiger partial charge < -0.3 is 28.4 Å². The Morgan fingerprint density at radius 1 is 0.667 bits per heavy atom. The number of ether oxygens (including phenoxy) is 6. The van der Waals surface area contributed by atoms with Crippen molar-refractivity contribution in [1.29, 1.82) is 0 Å². The van der Waals surface area contributed by atoms with Gasteiger partial charge >= 0.3 is 23.9 Å². The number of benzene rings is 4. The van der Waals surface area contributed by atoms with Crippen molar-refractivity contribution in [2.45, 2.75) is 51.5 Å². The third-order valence-electron chi connectivity index (χ3n) is 6.57. The van der Waals surface area contributed by atoms with Crippen molar-refractivity contribution in [3.63, 3.8) is 0 Å². The molecule has 0 saturated carbocycles. The lowest BCUT2D eigenvalue weighted by atomic mass is 9.94. The monoisotopic (exact) mass is 534 g/mol. The van der Waals surface area contributed by atoms with Gasteiger partial charge in [-0.3, -0.25) is 14.4 Å². The normalized spacial score (nSPS) is 22.9. The Labute approximate surface area is 223 Å². The van der Waals surface area contributed by atoms with Gasteiger partial charge in [0, 0.05) is 31.5 Å². The first-order valence-electron chi connectivity index (χ1n) is 12.3. The summed E-state index contributed by atoms with van der Waals surface area (Å²) in [4.78, 5) is 48.8. The Kier molecular flexibility index (Phi) is 6.96. The van der Waals surface area contributed by atoms with Crippen LogP contribution in [0.2, 0.25) is 0 Å². The number of carbonyl (C=O) groups is 4. The van der Waals surface area contributed by atoms with E-state index in [9.17, 15) is 19.2 Å². The lowest BCUT2D eigenvalue weighted by molar-refractivity contribution is -0.282. The number of methoxy groups -OCH3 is 1. The molecule has 4 aromatic carbocycles. The number of rotatable bonds is 6. The predicted molar refractivity (Wildman–Crippen MR) is 138 cm³/mol. The first-order valence-corrected chi connectivity index (χ1v) is 12.3. The molecule has 0 aliphatic carbocycles. The maximum atomic E-state index is 12.7. The zero-order chi connectivity index (χ0) is 27.8. The van der Waals surface area contributed by atoms with E-state index >= 15 is 0 Å². The molecule has 1 aliphatic heterocycles. The number of hydrogen-bond donors (Lipinski definition) is 0. The fraction of sp³-hybridized carbons (Fsp3) is 0.310. The molecule has 10 nitrogen and oxygen atoms in total. The summed E-state index contributed by atoms with van der Waals surface area (Å²) in [6.07, 6.45) is -7.27. The highest BCUT2D eigenvalue weighted by Crippen LogP contribution is 2.40. The van der Waals surface area contributed by atoms with Crippen LogP contribution in [0.3, 0.4) is 0 Å². The summed E-state index contributed by atoms with van der Waals surface area (Å²) in [5, 5.41) is 5.87. The quantitative estimate of drug-likeness (QED) is 0.206. The predicted octanol–water partition coefficient (Wildman–Crippen LogP) is 3.66. The summed E-state index contributed by atoms with van der Waals surface area (Å²) in [5.74, 6) is -2.80. The van der Waals surface area contributed by atoms with Crippen LogP contribution in [0, 0.1) is 0 Å². The lowest BCUT2D eigenvalue weighted by Gasteiger charge is -2.43. The Balaban J connectivity index is 1.62. The van der Waals surface area contributed by atoms with Crippen LogP contribution in [0.1, 0.15) is 20.8 Å². The summed E-state index contributed by atoms with van der Waals surface area (Å²) in [7, 11) is 1.13. The average Bonchev–Trinajstić information content (AvgIpc) is 2.90. The molecule has 10 heteroatoms. The third-order valence-corrected chi connectivity index (χ3v) is 6.57. The highest BCUT2D eigenvalue weighted by Gasteiger charge is 2.55. The van der Waals surface area contributed by atoms with Crippen molar-refractivity contribution in [2.75, 3.05) is 7.11 Å². The molecule has 4 aromatic rings. The van der Waals surface area contributed by atoms with E-state index in [1.54, 1.807) is 6.07 Å². The van der Waals surface area contributed by atoms with Crippen LogP contribution in [-0.4, -0.2) is 61.7 Å². The van der Waals surface area contributed by atoms with E-state index in [0.29, 0.717) is 5.75 Å². The van der Waals surface area contributed by atoms with Gasteiger partial charge in [0.1, 0.15) is 5.75 Å². The average molecular weight is 535 g/mol. The summed E-state index contributed by atoms with van der Waals surface area (Å²) in [6, 6.07) is 17.6. The molecule has 202 valence electrons. The minimum atomic E-state index is -1.54. The SMILES string of the molecule is COC(=O)C1O[C@@H](Oc2ccc3ccc4cccc5ccc2c3c45)C(OC(C)=O)[C@H](OC(C)=O)[C@@H]1OC(C)=O. The molecule has 5 rings (SSSR count). The zero-order valence-electron chi connectivity index (χ0n) is 21.7. The van der Waals surface area contributed by atoms with Crippen LogP contribution in [0.25, 0.3) is 32.3 Å². The van der Waals surface area contributed by atoms with Gasteiger partial charge in [-0.2, -0.15) is 0 Å². The summed E-state index contributed by atoms with van der Waals surface area (Å²) in [5.41, 5.74) is 0. The molecule has 5 atom stereocenters. The van der Waals surface area contributed by atoms with Gasteiger partial charge in [0.05, 0.1) is 7.11 Å². The highest BCUT2D eigenvalue weighted by atomic mass is 16.7. The van der Waals surface area contributed by atoms with E-state index in [1.807, 2.05) is 48.5 Å². The molecule has 1 aliphatic rings. The molecule has 2 unspecified atom stereocenters. The molecule has 1 fully saturated rings.